The zero-order valence-electron chi connectivity index (χ0n) is 10.5. The Balaban J connectivity index is 2.70. The first kappa shape index (κ1) is 14.8. The molecule has 0 bridgehead atoms. The Morgan fingerprint density at radius 1 is 1.47 bits per heavy atom. The van der Waals surface area contributed by atoms with Crippen LogP contribution in [0.3, 0.4) is 0 Å². The Bertz CT molecular complexity index is 416. The molecule has 0 radical (unpaired) electrons. The maximum Gasteiger partial charge on any atom is 0.323 e. The van der Waals surface area contributed by atoms with Crippen molar-refractivity contribution in [3.05, 3.63) is 0 Å². The molecule has 1 saturated heterocycles. The third-order valence-electron chi connectivity index (χ3n) is 3.00. The molecule has 1 aliphatic rings. The lowest BCUT2D eigenvalue weighted by Crippen LogP contribution is -2.49. The minimum Gasteiger partial charge on any atom is -0.480 e. The van der Waals surface area contributed by atoms with Gasteiger partial charge in [0, 0.05) is 13.1 Å². The predicted molar refractivity (Wildman–Crippen MR) is 66.9 cm³/mol. The van der Waals surface area contributed by atoms with E-state index < -0.39 is 24.5 Å². The average molecular weight is 267 g/mol. The summed E-state index contributed by atoms with van der Waals surface area (Å²) < 4.78 is 0. The molecule has 3 amide bonds. The van der Waals surface area contributed by atoms with Crippen molar-refractivity contribution < 1.29 is 19.5 Å². The van der Waals surface area contributed by atoms with Gasteiger partial charge in [0.2, 0.25) is 5.91 Å². The number of urea groups is 1. The number of terminal acetylenes is 1. The Hall–Kier alpha value is -2.23. The molecule has 19 heavy (non-hydrogen) atoms. The van der Waals surface area contributed by atoms with E-state index in [-0.39, 0.29) is 19.0 Å². The van der Waals surface area contributed by atoms with Gasteiger partial charge in [-0.15, -0.1) is 6.42 Å². The quantitative estimate of drug-likeness (QED) is 0.659. The van der Waals surface area contributed by atoms with Gasteiger partial charge in [-0.1, -0.05) is 5.92 Å². The number of nitrogens with two attached hydrogens (primary N) is 1. The number of likely N-dealkylation sites (tertiary alicyclic amines) is 1. The van der Waals surface area contributed by atoms with Gasteiger partial charge in [-0.2, -0.15) is 0 Å². The molecule has 104 valence electrons. The van der Waals surface area contributed by atoms with E-state index in [0.29, 0.717) is 19.4 Å². The number of rotatable bonds is 4. The molecule has 1 aliphatic heterocycles. The molecule has 0 spiro atoms. The number of piperidine rings is 1. The number of aliphatic carboxylic acids is 1. The summed E-state index contributed by atoms with van der Waals surface area (Å²) in [6, 6.07) is -0.570. The van der Waals surface area contributed by atoms with Gasteiger partial charge in [0.15, 0.2) is 0 Å². The van der Waals surface area contributed by atoms with Gasteiger partial charge in [0.25, 0.3) is 0 Å². The molecule has 0 aromatic rings. The molecule has 0 aromatic carbocycles. The van der Waals surface area contributed by atoms with Gasteiger partial charge in [0.1, 0.15) is 6.54 Å². The average Bonchev–Trinajstić information content (AvgIpc) is 2.37. The second kappa shape index (κ2) is 6.64. The zero-order valence-corrected chi connectivity index (χ0v) is 10.5. The Kier molecular flexibility index (Phi) is 5.18. The van der Waals surface area contributed by atoms with Crippen LogP contribution in [-0.2, 0) is 9.59 Å². The van der Waals surface area contributed by atoms with Crippen LogP contribution in [0, 0.1) is 18.3 Å². The lowest BCUT2D eigenvalue weighted by molar-refractivity contribution is -0.146. The van der Waals surface area contributed by atoms with Crippen LogP contribution >= 0.6 is 0 Å². The minimum absolute atomic E-state index is 0.0573. The van der Waals surface area contributed by atoms with Crippen molar-refractivity contribution >= 4 is 17.9 Å². The lowest BCUT2D eigenvalue weighted by Gasteiger charge is -2.33. The van der Waals surface area contributed by atoms with Gasteiger partial charge in [-0.3, -0.25) is 9.59 Å². The van der Waals surface area contributed by atoms with Gasteiger partial charge in [0.05, 0.1) is 12.5 Å². The Morgan fingerprint density at radius 3 is 2.68 bits per heavy atom. The summed E-state index contributed by atoms with van der Waals surface area (Å²) >= 11 is 0. The highest BCUT2D eigenvalue weighted by Crippen LogP contribution is 2.18. The van der Waals surface area contributed by atoms with E-state index in [0.717, 1.165) is 4.90 Å². The fourth-order valence-corrected chi connectivity index (χ4v) is 2.12. The van der Waals surface area contributed by atoms with Crippen molar-refractivity contribution in [1.29, 1.82) is 0 Å². The first-order valence-corrected chi connectivity index (χ1v) is 5.94. The minimum atomic E-state index is -1.12. The van der Waals surface area contributed by atoms with E-state index >= 15 is 0 Å². The van der Waals surface area contributed by atoms with Gasteiger partial charge in [-0.25, -0.2) is 4.79 Å². The Labute approximate surface area is 111 Å². The van der Waals surface area contributed by atoms with Crippen LogP contribution in [0.15, 0.2) is 0 Å². The van der Waals surface area contributed by atoms with Crippen LogP contribution in [0.2, 0.25) is 0 Å². The number of hydrogen-bond acceptors (Lipinski definition) is 3. The summed E-state index contributed by atoms with van der Waals surface area (Å²) in [5.74, 6) is 0.367. The molecule has 0 aliphatic carbocycles. The van der Waals surface area contributed by atoms with Crippen molar-refractivity contribution in [1.82, 2.24) is 9.80 Å². The third kappa shape index (κ3) is 4.17. The van der Waals surface area contributed by atoms with Crippen LogP contribution in [0.4, 0.5) is 4.79 Å². The number of carbonyl (C=O) groups is 3. The Morgan fingerprint density at radius 2 is 2.16 bits per heavy atom. The van der Waals surface area contributed by atoms with Crippen LogP contribution in [-0.4, -0.2) is 59.0 Å². The van der Waals surface area contributed by atoms with Gasteiger partial charge < -0.3 is 20.6 Å². The topological polar surface area (TPSA) is 104 Å². The molecule has 1 fully saturated rings. The molecule has 1 atom stereocenters. The third-order valence-corrected chi connectivity index (χ3v) is 3.00. The van der Waals surface area contributed by atoms with Crippen molar-refractivity contribution in [3.8, 4) is 12.3 Å². The maximum absolute atomic E-state index is 12.2. The molecule has 7 nitrogen and oxygen atoms in total. The largest absolute Gasteiger partial charge is 0.480 e. The molecule has 0 aromatic heterocycles. The van der Waals surface area contributed by atoms with Crippen LogP contribution in [0.1, 0.15) is 12.8 Å². The summed E-state index contributed by atoms with van der Waals surface area (Å²) in [6.45, 7) is 0.246. The number of carboxylic acid groups (broad SMARTS) is 1. The first-order valence-electron chi connectivity index (χ1n) is 5.94. The van der Waals surface area contributed by atoms with Gasteiger partial charge >= 0.3 is 12.0 Å². The fraction of sp³-hybridized carbons (Fsp3) is 0.583. The van der Waals surface area contributed by atoms with Crippen molar-refractivity contribution in [2.45, 2.75) is 12.8 Å². The number of nitrogens with zero attached hydrogens (tertiary/aromatic N) is 2. The first-order chi connectivity index (χ1) is 8.95. The lowest BCUT2D eigenvalue weighted by atomic mass is 9.96. The summed E-state index contributed by atoms with van der Waals surface area (Å²) in [7, 11) is 0. The van der Waals surface area contributed by atoms with Crippen molar-refractivity contribution in [3.63, 3.8) is 0 Å². The summed E-state index contributed by atoms with van der Waals surface area (Å²) in [5.41, 5.74) is 5.18. The van der Waals surface area contributed by atoms with E-state index in [1.807, 2.05) is 0 Å². The number of primary amides is 1. The fourth-order valence-electron chi connectivity index (χ4n) is 2.12. The maximum atomic E-state index is 12.2. The molecule has 1 unspecified atom stereocenters. The van der Waals surface area contributed by atoms with Crippen LogP contribution in [0.25, 0.3) is 0 Å². The molecule has 1 rings (SSSR count). The molecule has 0 saturated carbocycles. The number of carboxylic acids is 1. The highest BCUT2D eigenvalue weighted by Gasteiger charge is 2.30. The highest BCUT2D eigenvalue weighted by atomic mass is 16.4. The van der Waals surface area contributed by atoms with E-state index in [2.05, 4.69) is 5.92 Å². The van der Waals surface area contributed by atoms with Crippen LogP contribution < -0.4 is 5.73 Å². The zero-order chi connectivity index (χ0) is 14.4. The summed E-state index contributed by atoms with van der Waals surface area (Å²) in [6.07, 6.45) is 6.39. The molecular formula is C12H17N3O4. The molecular weight excluding hydrogens is 250 g/mol. The SMILES string of the molecule is C#CCN(CC(=O)O)C(=O)C1CCCN(C(N)=O)C1. The van der Waals surface area contributed by atoms with E-state index in [4.69, 9.17) is 17.3 Å². The second-order valence-electron chi connectivity index (χ2n) is 4.42. The summed E-state index contributed by atoms with van der Waals surface area (Å²) in [4.78, 5) is 36.5. The second-order valence-corrected chi connectivity index (χ2v) is 4.42. The number of hydrogen-bond donors (Lipinski definition) is 2. The highest BCUT2D eigenvalue weighted by molar-refractivity contribution is 5.84. The van der Waals surface area contributed by atoms with E-state index in [1.165, 1.54) is 4.90 Å². The molecule has 1 heterocycles. The van der Waals surface area contributed by atoms with Crippen molar-refractivity contribution in [2.24, 2.45) is 11.7 Å². The number of amides is 3. The van der Waals surface area contributed by atoms with E-state index in [1.54, 1.807) is 0 Å². The van der Waals surface area contributed by atoms with E-state index in [9.17, 15) is 14.4 Å². The van der Waals surface area contributed by atoms with Gasteiger partial charge in [-0.05, 0) is 12.8 Å². The molecule has 3 N–H and O–H groups in total. The smallest absolute Gasteiger partial charge is 0.323 e. The van der Waals surface area contributed by atoms with Crippen molar-refractivity contribution in [2.75, 3.05) is 26.2 Å². The summed E-state index contributed by atoms with van der Waals surface area (Å²) in [5, 5.41) is 8.75. The normalized spacial score (nSPS) is 18.5. The van der Waals surface area contributed by atoms with Crippen LogP contribution in [0.5, 0.6) is 0 Å². The predicted octanol–water partition coefficient (Wildman–Crippen LogP) is -0.676. The number of carbonyl (C=O) groups excluding carboxylic acids is 2. The molecule has 7 heteroatoms. The standard InChI is InChI=1S/C12H17N3O4/c1-2-5-14(8-10(16)17)11(18)9-4-3-6-15(7-9)12(13)19/h1,9H,3-8H2,(H2,13,19)(H,16,17). The monoisotopic (exact) mass is 267 g/mol.